The van der Waals surface area contributed by atoms with E-state index < -0.39 is 11.8 Å². The zero-order valence-electron chi connectivity index (χ0n) is 11.2. The molecule has 2 aromatic heterocycles. The first kappa shape index (κ1) is 13.6. The first-order valence-electron chi connectivity index (χ1n) is 6.03. The molecule has 2 aromatic rings. The van der Waals surface area contributed by atoms with Gasteiger partial charge in [-0.3, -0.25) is 9.78 Å². The number of hydrogen-bond acceptors (Lipinski definition) is 5. The lowest BCUT2D eigenvalue weighted by molar-refractivity contribution is -0.116. The van der Waals surface area contributed by atoms with Crippen molar-refractivity contribution in [2.75, 3.05) is 5.32 Å². The highest BCUT2D eigenvalue weighted by Gasteiger charge is 2.23. The largest absolute Gasteiger partial charge is 0.323 e. The molecular formula is C14H13N5O. The van der Waals surface area contributed by atoms with E-state index in [4.69, 9.17) is 0 Å². The maximum Gasteiger partial charge on any atom is 0.249 e. The lowest BCUT2D eigenvalue weighted by Gasteiger charge is -2.10. The number of nitrogens with zero attached hydrogens (tertiary/aromatic N) is 4. The van der Waals surface area contributed by atoms with E-state index in [1.807, 2.05) is 6.07 Å². The summed E-state index contributed by atoms with van der Waals surface area (Å²) in [6, 6.07) is 7.12. The lowest BCUT2D eigenvalue weighted by atomic mass is 10.1. The maximum atomic E-state index is 12.1. The minimum atomic E-state index is -1.05. The second-order valence-electron chi connectivity index (χ2n) is 4.30. The SMILES string of the molecule is Cc1cc(C)nc(C(C#N)C(=O)Nc2cccnc2)n1. The Hall–Kier alpha value is -2.81. The molecule has 0 saturated heterocycles. The van der Waals surface area contributed by atoms with Gasteiger partial charge < -0.3 is 5.32 Å². The summed E-state index contributed by atoms with van der Waals surface area (Å²) in [5.74, 6) is -1.30. The fourth-order valence-electron chi connectivity index (χ4n) is 1.77. The number of pyridine rings is 1. The molecule has 6 heteroatoms. The van der Waals surface area contributed by atoms with Crippen LogP contribution < -0.4 is 5.32 Å². The van der Waals surface area contributed by atoms with E-state index in [0.29, 0.717) is 5.69 Å². The summed E-state index contributed by atoms with van der Waals surface area (Å²) in [4.78, 5) is 24.3. The monoisotopic (exact) mass is 267 g/mol. The van der Waals surface area contributed by atoms with E-state index in [9.17, 15) is 10.1 Å². The van der Waals surface area contributed by atoms with Gasteiger partial charge in [-0.05, 0) is 32.0 Å². The quantitative estimate of drug-likeness (QED) is 0.914. The summed E-state index contributed by atoms with van der Waals surface area (Å²) in [6.07, 6.45) is 3.11. The van der Waals surface area contributed by atoms with Gasteiger partial charge in [0.1, 0.15) is 0 Å². The van der Waals surface area contributed by atoms with Gasteiger partial charge in [-0.2, -0.15) is 5.26 Å². The van der Waals surface area contributed by atoms with E-state index in [0.717, 1.165) is 11.4 Å². The number of amides is 1. The van der Waals surface area contributed by atoms with Crippen molar-refractivity contribution in [3.8, 4) is 6.07 Å². The number of nitriles is 1. The standard InChI is InChI=1S/C14H13N5O/c1-9-6-10(2)18-13(17-9)12(7-15)14(20)19-11-4-3-5-16-8-11/h3-6,8,12H,1-2H3,(H,19,20). The molecule has 6 nitrogen and oxygen atoms in total. The average Bonchev–Trinajstić information content (AvgIpc) is 2.39. The van der Waals surface area contributed by atoms with Crippen molar-refractivity contribution >= 4 is 11.6 Å². The Morgan fingerprint density at radius 3 is 2.60 bits per heavy atom. The van der Waals surface area contributed by atoms with E-state index in [2.05, 4.69) is 20.3 Å². The van der Waals surface area contributed by atoms with E-state index in [1.54, 1.807) is 38.2 Å². The maximum absolute atomic E-state index is 12.1. The fraction of sp³-hybridized carbons (Fsp3) is 0.214. The molecule has 1 atom stereocenters. The Bertz CT molecular complexity index is 643. The summed E-state index contributed by atoms with van der Waals surface area (Å²) >= 11 is 0. The van der Waals surface area contributed by atoms with E-state index >= 15 is 0 Å². The van der Waals surface area contributed by atoms with Gasteiger partial charge in [0.05, 0.1) is 18.0 Å². The first-order chi connectivity index (χ1) is 9.60. The summed E-state index contributed by atoms with van der Waals surface area (Å²) in [5, 5.41) is 11.8. The minimum absolute atomic E-state index is 0.214. The van der Waals surface area contributed by atoms with Crippen LogP contribution in [-0.2, 0) is 4.79 Å². The molecule has 0 radical (unpaired) electrons. The van der Waals surface area contributed by atoms with Gasteiger partial charge in [0.15, 0.2) is 11.7 Å². The third kappa shape index (κ3) is 3.14. The number of carbonyl (C=O) groups excluding carboxylic acids is 1. The molecule has 0 aliphatic heterocycles. The lowest BCUT2D eigenvalue weighted by Crippen LogP contribution is -2.22. The molecular weight excluding hydrogens is 254 g/mol. The molecule has 0 aliphatic carbocycles. The number of aryl methyl sites for hydroxylation is 2. The number of nitrogens with one attached hydrogen (secondary N) is 1. The van der Waals surface area contributed by atoms with Crippen LogP contribution in [0.1, 0.15) is 23.1 Å². The van der Waals surface area contributed by atoms with E-state index in [-0.39, 0.29) is 5.82 Å². The number of aromatic nitrogens is 3. The summed E-state index contributed by atoms with van der Waals surface area (Å²) in [5.41, 5.74) is 1.98. The normalized spacial score (nSPS) is 11.4. The van der Waals surface area contributed by atoms with Crippen molar-refractivity contribution < 1.29 is 4.79 Å². The van der Waals surface area contributed by atoms with Gasteiger partial charge in [-0.15, -0.1) is 0 Å². The fourth-order valence-corrected chi connectivity index (χ4v) is 1.77. The molecule has 0 bridgehead atoms. The van der Waals surface area contributed by atoms with Gasteiger partial charge in [-0.25, -0.2) is 9.97 Å². The Labute approximate surface area is 116 Å². The van der Waals surface area contributed by atoms with Crippen molar-refractivity contribution in [3.05, 3.63) is 47.8 Å². The third-order valence-electron chi connectivity index (χ3n) is 2.58. The predicted molar refractivity (Wildman–Crippen MR) is 72.7 cm³/mol. The summed E-state index contributed by atoms with van der Waals surface area (Å²) < 4.78 is 0. The van der Waals surface area contributed by atoms with Crippen LogP contribution in [0.5, 0.6) is 0 Å². The highest BCUT2D eigenvalue weighted by atomic mass is 16.1. The Morgan fingerprint density at radius 1 is 1.35 bits per heavy atom. The van der Waals surface area contributed by atoms with Gasteiger partial charge in [0.2, 0.25) is 5.91 Å². The van der Waals surface area contributed by atoms with Crippen LogP contribution in [0.3, 0.4) is 0 Å². The summed E-state index contributed by atoms with van der Waals surface area (Å²) in [7, 11) is 0. The summed E-state index contributed by atoms with van der Waals surface area (Å²) in [6.45, 7) is 3.59. The van der Waals surface area contributed by atoms with Crippen molar-refractivity contribution in [1.29, 1.82) is 5.26 Å². The predicted octanol–water partition coefficient (Wildman–Crippen LogP) is 1.73. The molecule has 0 saturated carbocycles. The van der Waals surface area contributed by atoms with Crippen LogP contribution in [-0.4, -0.2) is 20.9 Å². The number of anilines is 1. The van der Waals surface area contributed by atoms with Crippen LogP contribution in [0.4, 0.5) is 5.69 Å². The number of hydrogen-bond donors (Lipinski definition) is 1. The molecule has 0 aliphatic rings. The number of carbonyl (C=O) groups is 1. The topological polar surface area (TPSA) is 91.6 Å². The highest BCUT2D eigenvalue weighted by molar-refractivity contribution is 5.97. The average molecular weight is 267 g/mol. The molecule has 1 amide bonds. The third-order valence-corrected chi connectivity index (χ3v) is 2.58. The molecule has 0 spiro atoms. The molecule has 1 N–H and O–H groups in total. The van der Waals surface area contributed by atoms with Crippen LogP contribution >= 0.6 is 0 Å². The number of rotatable bonds is 3. The van der Waals surface area contributed by atoms with Crippen molar-refractivity contribution in [2.24, 2.45) is 0 Å². The van der Waals surface area contributed by atoms with Gasteiger partial charge in [0.25, 0.3) is 0 Å². The van der Waals surface area contributed by atoms with Crippen molar-refractivity contribution in [3.63, 3.8) is 0 Å². The molecule has 0 aromatic carbocycles. The molecule has 2 heterocycles. The van der Waals surface area contributed by atoms with Gasteiger partial charge in [0, 0.05) is 17.6 Å². The van der Waals surface area contributed by atoms with Crippen LogP contribution in [0, 0.1) is 25.2 Å². The zero-order chi connectivity index (χ0) is 14.5. The minimum Gasteiger partial charge on any atom is -0.323 e. The molecule has 2 rings (SSSR count). The van der Waals surface area contributed by atoms with Crippen molar-refractivity contribution in [2.45, 2.75) is 19.8 Å². The van der Waals surface area contributed by atoms with Crippen LogP contribution in [0.15, 0.2) is 30.6 Å². The van der Waals surface area contributed by atoms with Crippen LogP contribution in [0.25, 0.3) is 0 Å². The second kappa shape index (κ2) is 5.89. The van der Waals surface area contributed by atoms with Gasteiger partial charge in [-0.1, -0.05) is 0 Å². The highest BCUT2D eigenvalue weighted by Crippen LogP contribution is 2.15. The molecule has 100 valence electrons. The Kier molecular flexibility index (Phi) is 4.01. The molecule has 1 unspecified atom stereocenters. The van der Waals surface area contributed by atoms with E-state index in [1.165, 1.54) is 6.20 Å². The second-order valence-corrected chi connectivity index (χ2v) is 4.30. The Balaban J connectivity index is 2.24. The smallest absolute Gasteiger partial charge is 0.249 e. The Morgan fingerprint density at radius 2 is 2.05 bits per heavy atom. The first-order valence-corrected chi connectivity index (χ1v) is 6.03. The zero-order valence-corrected chi connectivity index (χ0v) is 11.2. The molecule has 0 fully saturated rings. The van der Waals surface area contributed by atoms with Crippen LogP contribution in [0.2, 0.25) is 0 Å². The van der Waals surface area contributed by atoms with Crippen molar-refractivity contribution in [1.82, 2.24) is 15.0 Å². The molecule has 20 heavy (non-hydrogen) atoms. The van der Waals surface area contributed by atoms with Gasteiger partial charge >= 0.3 is 0 Å².